The van der Waals surface area contributed by atoms with Gasteiger partial charge in [-0.15, -0.1) is 0 Å². The van der Waals surface area contributed by atoms with Gasteiger partial charge in [0, 0.05) is 13.1 Å². The zero-order chi connectivity index (χ0) is 21.3. The van der Waals surface area contributed by atoms with Gasteiger partial charge < -0.3 is 15.8 Å². The van der Waals surface area contributed by atoms with E-state index in [4.69, 9.17) is 10.5 Å². The maximum absolute atomic E-state index is 14.3. The molecule has 6 nitrogen and oxygen atoms in total. The van der Waals surface area contributed by atoms with Gasteiger partial charge >= 0.3 is 0 Å². The van der Waals surface area contributed by atoms with Crippen molar-refractivity contribution in [3.05, 3.63) is 81.1 Å². The first-order valence-electron chi connectivity index (χ1n) is 8.69. The van der Waals surface area contributed by atoms with Crippen LogP contribution in [-0.2, 0) is 7.05 Å². The van der Waals surface area contributed by atoms with Crippen LogP contribution < -0.4 is 21.3 Å². The van der Waals surface area contributed by atoms with Crippen molar-refractivity contribution in [3.8, 4) is 11.5 Å². The van der Waals surface area contributed by atoms with Crippen LogP contribution in [-0.4, -0.2) is 10.5 Å². The number of rotatable bonds is 5. The van der Waals surface area contributed by atoms with Gasteiger partial charge in [0.15, 0.2) is 11.6 Å². The molecule has 3 rings (SSSR count). The maximum Gasteiger partial charge on any atom is 0.256 e. The van der Waals surface area contributed by atoms with Crippen molar-refractivity contribution in [2.45, 2.75) is 13.8 Å². The molecule has 0 bridgehead atoms. The van der Waals surface area contributed by atoms with Crippen LogP contribution >= 0.6 is 0 Å². The lowest BCUT2D eigenvalue weighted by atomic mass is 10.1. The molecule has 29 heavy (non-hydrogen) atoms. The predicted octanol–water partition coefficient (Wildman–Crippen LogP) is 3.92. The van der Waals surface area contributed by atoms with Crippen LogP contribution in [0.4, 0.5) is 20.3 Å². The van der Waals surface area contributed by atoms with Gasteiger partial charge in [0.25, 0.3) is 11.5 Å². The molecule has 0 atom stereocenters. The summed E-state index contributed by atoms with van der Waals surface area (Å²) in [5.74, 6) is -2.63. The van der Waals surface area contributed by atoms with Gasteiger partial charge in [0.1, 0.15) is 22.9 Å². The Morgan fingerprint density at radius 2 is 1.83 bits per heavy atom. The van der Waals surface area contributed by atoms with Gasteiger partial charge in [-0.3, -0.25) is 14.2 Å². The molecule has 0 saturated heterocycles. The summed E-state index contributed by atoms with van der Waals surface area (Å²) in [4.78, 5) is 24.6. The summed E-state index contributed by atoms with van der Waals surface area (Å²) in [5.41, 5.74) is 5.79. The molecule has 1 amide bonds. The zero-order valence-electron chi connectivity index (χ0n) is 16.0. The lowest BCUT2D eigenvalue weighted by Crippen LogP contribution is -2.25. The first-order valence-corrected chi connectivity index (χ1v) is 8.69. The molecule has 1 heterocycles. The van der Waals surface area contributed by atoms with E-state index in [-0.39, 0.29) is 28.6 Å². The van der Waals surface area contributed by atoms with Gasteiger partial charge in [-0.1, -0.05) is 18.2 Å². The fourth-order valence-electron chi connectivity index (χ4n) is 2.81. The minimum atomic E-state index is -0.932. The molecule has 0 aliphatic heterocycles. The van der Waals surface area contributed by atoms with Crippen LogP contribution in [0.15, 0.2) is 47.3 Å². The molecule has 0 aliphatic rings. The summed E-state index contributed by atoms with van der Waals surface area (Å²) in [5, 5.41) is 2.72. The lowest BCUT2D eigenvalue weighted by Gasteiger charge is -2.18. The molecule has 150 valence electrons. The molecular weight excluding hydrogens is 380 g/mol. The molecule has 0 radical (unpaired) electrons. The fraction of sp³-hybridized carbons (Fsp3) is 0.143. The van der Waals surface area contributed by atoms with Gasteiger partial charge in [-0.05, 0) is 43.2 Å². The number of aryl methyl sites for hydroxylation is 2. The summed E-state index contributed by atoms with van der Waals surface area (Å²) in [6, 6.07) is 9.93. The first-order chi connectivity index (χ1) is 13.7. The lowest BCUT2D eigenvalue weighted by molar-refractivity contribution is 0.0998. The Kier molecular flexibility index (Phi) is 5.36. The monoisotopic (exact) mass is 399 g/mol. The van der Waals surface area contributed by atoms with Crippen molar-refractivity contribution >= 4 is 17.4 Å². The molecule has 0 saturated carbocycles. The summed E-state index contributed by atoms with van der Waals surface area (Å²) < 4.78 is 35.3. The van der Waals surface area contributed by atoms with Gasteiger partial charge in [-0.25, -0.2) is 8.78 Å². The SMILES string of the molecule is Cc1ccc(Nc2c(C(N)=O)c(Oc3cccc(C)c3F)cc(=O)n2C)c(F)c1. The minimum Gasteiger partial charge on any atom is -0.453 e. The second kappa shape index (κ2) is 7.75. The van der Waals surface area contributed by atoms with E-state index in [2.05, 4.69) is 5.32 Å². The number of anilines is 2. The zero-order valence-corrected chi connectivity index (χ0v) is 16.0. The summed E-state index contributed by atoms with van der Waals surface area (Å²) in [7, 11) is 1.39. The highest BCUT2D eigenvalue weighted by Crippen LogP contribution is 2.32. The number of benzene rings is 2. The number of halogens is 2. The van der Waals surface area contributed by atoms with E-state index in [0.29, 0.717) is 11.1 Å². The summed E-state index contributed by atoms with van der Waals surface area (Å²) in [6.45, 7) is 3.27. The normalized spacial score (nSPS) is 10.7. The number of carbonyl (C=O) groups is 1. The van der Waals surface area contributed by atoms with Crippen LogP contribution in [0.1, 0.15) is 21.5 Å². The topological polar surface area (TPSA) is 86.3 Å². The third-order valence-electron chi connectivity index (χ3n) is 4.40. The first kappa shape index (κ1) is 20.1. The fourth-order valence-corrected chi connectivity index (χ4v) is 2.81. The number of nitrogens with two attached hydrogens (primary N) is 1. The highest BCUT2D eigenvalue weighted by Gasteiger charge is 2.22. The Morgan fingerprint density at radius 3 is 2.48 bits per heavy atom. The molecule has 0 fully saturated rings. The average Bonchev–Trinajstić information content (AvgIpc) is 2.64. The number of primary amides is 1. The number of hydrogen-bond donors (Lipinski definition) is 2. The smallest absolute Gasteiger partial charge is 0.256 e. The van der Waals surface area contributed by atoms with Crippen LogP contribution in [0.3, 0.4) is 0 Å². The largest absolute Gasteiger partial charge is 0.453 e. The second-order valence-electron chi connectivity index (χ2n) is 6.59. The van der Waals surface area contributed by atoms with E-state index in [1.54, 1.807) is 32.0 Å². The third-order valence-corrected chi connectivity index (χ3v) is 4.40. The van der Waals surface area contributed by atoms with E-state index in [9.17, 15) is 18.4 Å². The van der Waals surface area contributed by atoms with E-state index in [0.717, 1.165) is 10.6 Å². The number of amides is 1. The molecule has 0 spiro atoms. The number of nitrogens with one attached hydrogen (secondary N) is 1. The minimum absolute atomic E-state index is 0.0342. The molecule has 1 aromatic heterocycles. The number of ether oxygens (including phenoxy) is 1. The van der Waals surface area contributed by atoms with E-state index >= 15 is 0 Å². The second-order valence-corrected chi connectivity index (χ2v) is 6.59. The van der Waals surface area contributed by atoms with Crippen molar-refractivity contribution in [3.63, 3.8) is 0 Å². The van der Waals surface area contributed by atoms with Crippen molar-refractivity contribution in [2.75, 3.05) is 5.32 Å². The predicted molar refractivity (Wildman–Crippen MR) is 106 cm³/mol. The summed E-state index contributed by atoms with van der Waals surface area (Å²) >= 11 is 0. The quantitative estimate of drug-likeness (QED) is 0.681. The molecule has 2 aromatic carbocycles. The Morgan fingerprint density at radius 1 is 1.10 bits per heavy atom. The Bertz CT molecular complexity index is 1170. The Hall–Kier alpha value is -3.68. The summed E-state index contributed by atoms with van der Waals surface area (Å²) in [6.07, 6.45) is 0. The van der Waals surface area contributed by atoms with Crippen LogP contribution in [0.5, 0.6) is 11.5 Å². The molecule has 3 N–H and O–H groups in total. The van der Waals surface area contributed by atoms with Crippen LogP contribution in [0.2, 0.25) is 0 Å². The van der Waals surface area contributed by atoms with Crippen LogP contribution in [0, 0.1) is 25.5 Å². The molecule has 0 aliphatic carbocycles. The van der Waals surface area contributed by atoms with E-state index < -0.39 is 23.1 Å². The Balaban J connectivity index is 2.17. The molecule has 3 aromatic rings. The molecular formula is C21H19F2N3O3. The van der Waals surface area contributed by atoms with Gasteiger partial charge in [0.05, 0.1) is 5.69 Å². The van der Waals surface area contributed by atoms with Crippen molar-refractivity contribution < 1.29 is 18.3 Å². The number of carbonyl (C=O) groups excluding carboxylic acids is 1. The number of hydrogen-bond acceptors (Lipinski definition) is 4. The molecule has 8 heteroatoms. The maximum atomic E-state index is 14.3. The highest BCUT2D eigenvalue weighted by atomic mass is 19.1. The third kappa shape index (κ3) is 3.96. The average molecular weight is 399 g/mol. The van der Waals surface area contributed by atoms with E-state index in [1.165, 1.54) is 25.2 Å². The van der Waals surface area contributed by atoms with Gasteiger partial charge in [-0.2, -0.15) is 0 Å². The molecule has 0 unspecified atom stereocenters. The highest BCUT2D eigenvalue weighted by molar-refractivity contribution is 6.01. The van der Waals surface area contributed by atoms with Gasteiger partial charge in [0.2, 0.25) is 0 Å². The number of pyridine rings is 1. The van der Waals surface area contributed by atoms with Crippen molar-refractivity contribution in [1.29, 1.82) is 0 Å². The van der Waals surface area contributed by atoms with Crippen molar-refractivity contribution in [1.82, 2.24) is 4.57 Å². The number of nitrogens with zero attached hydrogens (tertiary/aromatic N) is 1. The standard InChI is InChI=1S/C21H19F2N3O3/c1-11-7-8-14(13(22)9-11)25-21-18(20(24)28)16(10-17(27)26(21)3)29-15-6-4-5-12(2)19(15)23/h4-10,25H,1-3H3,(H2,24,28). The van der Waals surface area contributed by atoms with E-state index in [1.807, 2.05) is 0 Å². The van der Waals surface area contributed by atoms with Crippen molar-refractivity contribution in [2.24, 2.45) is 12.8 Å². The van der Waals surface area contributed by atoms with Crippen LogP contribution in [0.25, 0.3) is 0 Å². The number of aromatic nitrogens is 1. The Labute approximate surface area is 165 Å².